The molecule has 17 heavy (non-hydrogen) atoms. The van der Waals surface area contributed by atoms with Crippen LogP contribution in [-0.4, -0.2) is 10.2 Å². The molecule has 0 amide bonds. The highest BCUT2D eigenvalue weighted by Gasteiger charge is 2.12. The van der Waals surface area contributed by atoms with Crippen LogP contribution < -0.4 is 0 Å². The van der Waals surface area contributed by atoms with Crippen molar-refractivity contribution in [3.63, 3.8) is 0 Å². The third-order valence-electron chi connectivity index (χ3n) is 3.60. The topological polar surface area (TPSA) is 0 Å². The van der Waals surface area contributed by atoms with Crippen LogP contribution in [0.2, 0.25) is 0 Å². The van der Waals surface area contributed by atoms with Crippen molar-refractivity contribution in [1.29, 1.82) is 0 Å². The molecular weight excluding hydrogens is 220 g/mol. The van der Waals surface area contributed by atoms with Crippen molar-refractivity contribution in [2.75, 3.05) is 0 Å². The molecule has 1 heteroatoms. The highest BCUT2D eigenvalue weighted by Crippen LogP contribution is 2.32. The van der Waals surface area contributed by atoms with Crippen molar-refractivity contribution in [2.45, 2.75) is 39.5 Å². The fourth-order valence-corrected chi connectivity index (χ4v) is 3.43. The average Bonchev–Trinajstić information content (AvgIpc) is 2.67. The molecule has 2 rings (SSSR count). The van der Waals surface area contributed by atoms with Gasteiger partial charge >= 0.3 is 0 Å². The lowest BCUT2D eigenvalue weighted by molar-refractivity contribution is 0.795. The van der Waals surface area contributed by atoms with Crippen LogP contribution in [0.5, 0.6) is 0 Å². The normalized spacial score (nSPS) is 15.5. The highest BCUT2D eigenvalue weighted by atomic mass is 28.1. The Labute approximate surface area is 108 Å². The Kier molecular flexibility index (Phi) is 4.00. The first kappa shape index (κ1) is 12.4. The van der Waals surface area contributed by atoms with Gasteiger partial charge in [-0.05, 0) is 48.5 Å². The largest absolute Gasteiger partial charge is 0.0801 e. The molecule has 0 nitrogen and oxygen atoms in total. The summed E-state index contributed by atoms with van der Waals surface area (Å²) >= 11 is 0. The summed E-state index contributed by atoms with van der Waals surface area (Å²) in [4.78, 5) is 0. The smallest absolute Gasteiger partial charge is 0.0345 e. The Morgan fingerprint density at radius 1 is 1.18 bits per heavy atom. The van der Waals surface area contributed by atoms with Crippen molar-refractivity contribution in [3.8, 4) is 0 Å². The molecule has 0 aromatic heterocycles. The molecule has 1 aromatic rings. The second-order valence-electron chi connectivity index (χ2n) is 5.05. The van der Waals surface area contributed by atoms with E-state index in [0.717, 1.165) is 0 Å². The molecule has 0 saturated carbocycles. The zero-order valence-electron chi connectivity index (χ0n) is 11.2. The van der Waals surface area contributed by atoms with Crippen molar-refractivity contribution in [2.24, 2.45) is 0 Å². The molecule has 0 spiro atoms. The number of aryl methyl sites for hydroxylation is 1. The van der Waals surface area contributed by atoms with E-state index >= 15 is 0 Å². The van der Waals surface area contributed by atoms with Crippen LogP contribution in [0, 0.1) is 0 Å². The maximum atomic E-state index is 2.36. The zero-order valence-corrected chi connectivity index (χ0v) is 13.2. The molecule has 1 aliphatic carbocycles. The Balaban J connectivity index is 2.18. The molecular formula is C16H22Si. The molecule has 0 bridgehead atoms. The Morgan fingerprint density at radius 2 is 1.88 bits per heavy atom. The van der Waals surface area contributed by atoms with Crippen LogP contribution in [-0.2, 0) is 6.42 Å². The van der Waals surface area contributed by atoms with Crippen molar-refractivity contribution >= 4 is 15.8 Å². The number of hydrogen-bond acceptors (Lipinski definition) is 0. The van der Waals surface area contributed by atoms with E-state index in [-0.39, 0.29) is 0 Å². The highest BCUT2D eigenvalue weighted by molar-refractivity contribution is 6.27. The van der Waals surface area contributed by atoms with Gasteiger partial charge in [0.05, 0.1) is 0 Å². The molecule has 0 aliphatic heterocycles. The maximum Gasteiger partial charge on any atom is 0.0345 e. The second-order valence-corrected chi connectivity index (χ2v) is 6.25. The van der Waals surface area contributed by atoms with E-state index in [4.69, 9.17) is 0 Å². The van der Waals surface area contributed by atoms with Gasteiger partial charge in [-0.3, -0.25) is 0 Å². The monoisotopic (exact) mass is 242 g/mol. The molecule has 0 unspecified atom stereocenters. The summed E-state index contributed by atoms with van der Waals surface area (Å²) in [5.74, 6) is 0. The first-order chi connectivity index (χ1) is 8.22. The molecule has 0 N–H and O–H groups in total. The van der Waals surface area contributed by atoms with Gasteiger partial charge in [-0.1, -0.05) is 48.9 Å². The van der Waals surface area contributed by atoms with Crippen molar-refractivity contribution in [3.05, 3.63) is 52.2 Å². The molecule has 0 heterocycles. The van der Waals surface area contributed by atoms with Gasteiger partial charge in [0.25, 0.3) is 0 Å². The van der Waals surface area contributed by atoms with Gasteiger partial charge in [0.2, 0.25) is 0 Å². The Hall–Kier alpha value is -1.08. The Bertz CT molecular complexity index is 449. The summed E-state index contributed by atoms with van der Waals surface area (Å²) in [7, 11) is 1.19. The first-order valence-electron chi connectivity index (χ1n) is 6.68. The summed E-state index contributed by atoms with van der Waals surface area (Å²) in [6.07, 6.45) is 7.35. The Morgan fingerprint density at radius 3 is 2.41 bits per heavy atom. The van der Waals surface area contributed by atoms with E-state index in [0.29, 0.717) is 0 Å². The van der Waals surface area contributed by atoms with Crippen LogP contribution >= 0.6 is 0 Å². The molecule has 1 aromatic carbocycles. The number of allylic oxidation sites excluding steroid dienone is 4. The van der Waals surface area contributed by atoms with Gasteiger partial charge in [0.15, 0.2) is 0 Å². The molecule has 1 aliphatic rings. The standard InChI is InChI=1S/C16H22Si/c1-3-4-5-13-7-9-14(10-8-13)16-12(2)6-11-15(16)17/h6-10H,3-5,11H2,1-2,17H3. The lowest BCUT2D eigenvalue weighted by Crippen LogP contribution is -1.90. The van der Waals surface area contributed by atoms with Crippen LogP contribution in [0.25, 0.3) is 5.57 Å². The van der Waals surface area contributed by atoms with Gasteiger partial charge in [-0.25, -0.2) is 0 Å². The minimum atomic E-state index is 1.19. The van der Waals surface area contributed by atoms with E-state index in [1.165, 1.54) is 58.2 Å². The fourth-order valence-electron chi connectivity index (χ4n) is 2.54. The third-order valence-corrected chi connectivity index (χ3v) is 4.51. The van der Waals surface area contributed by atoms with Crippen LogP contribution in [0.1, 0.15) is 44.2 Å². The van der Waals surface area contributed by atoms with Gasteiger partial charge < -0.3 is 0 Å². The van der Waals surface area contributed by atoms with E-state index in [2.05, 4.69) is 44.2 Å². The van der Waals surface area contributed by atoms with Crippen LogP contribution in [0.4, 0.5) is 0 Å². The number of hydrogen-bond donors (Lipinski definition) is 0. The lowest BCUT2D eigenvalue weighted by atomic mass is 9.99. The molecule has 0 atom stereocenters. The zero-order chi connectivity index (χ0) is 12.3. The fraction of sp³-hybridized carbons (Fsp3) is 0.375. The van der Waals surface area contributed by atoms with Crippen molar-refractivity contribution in [1.82, 2.24) is 0 Å². The summed E-state index contributed by atoms with van der Waals surface area (Å²) < 4.78 is 0. The average molecular weight is 242 g/mol. The SMILES string of the molecule is CCCCc1ccc(C2=C([SiH3])CC=C2C)cc1. The molecule has 90 valence electrons. The van der Waals surface area contributed by atoms with E-state index in [1.54, 1.807) is 5.20 Å². The number of benzene rings is 1. The van der Waals surface area contributed by atoms with Gasteiger partial charge in [0.1, 0.15) is 0 Å². The number of unbranched alkanes of at least 4 members (excludes halogenated alkanes) is 1. The van der Waals surface area contributed by atoms with Crippen molar-refractivity contribution < 1.29 is 0 Å². The quantitative estimate of drug-likeness (QED) is 0.709. The van der Waals surface area contributed by atoms with Crippen LogP contribution in [0.15, 0.2) is 41.1 Å². The predicted octanol–water partition coefficient (Wildman–Crippen LogP) is 3.46. The predicted molar refractivity (Wildman–Crippen MR) is 80.3 cm³/mol. The minimum Gasteiger partial charge on any atom is -0.0801 e. The third kappa shape index (κ3) is 2.78. The summed E-state index contributed by atoms with van der Waals surface area (Å²) in [5, 5.41) is 1.64. The molecule has 0 radical (unpaired) electrons. The summed E-state index contributed by atoms with van der Waals surface area (Å²) in [5.41, 5.74) is 5.89. The van der Waals surface area contributed by atoms with E-state index in [9.17, 15) is 0 Å². The van der Waals surface area contributed by atoms with Crippen LogP contribution in [0.3, 0.4) is 0 Å². The number of rotatable bonds is 4. The van der Waals surface area contributed by atoms with E-state index < -0.39 is 0 Å². The lowest BCUT2D eigenvalue weighted by Gasteiger charge is -2.08. The first-order valence-corrected chi connectivity index (χ1v) is 7.68. The second kappa shape index (κ2) is 5.50. The van der Waals surface area contributed by atoms with Gasteiger partial charge in [-0.2, -0.15) is 0 Å². The molecule has 0 saturated heterocycles. The summed E-state index contributed by atoms with van der Waals surface area (Å²) in [6.45, 7) is 4.49. The van der Waals surface area contributed by atoms with E-state index in [1.807, 2.05) is 0 Å². The molecule has 0 fully saturated rings. The van der Waals surface area contributed by atoms with Gasteiger partial charge in [-0.15, -0.1) is 0 Å². The maximum absolute atomic E-state index is 2.36. The van der Waals surface area contributed by atoms with Gasteiger partial charge in [0, 0.05) is 10.2 Å². The summed E-state index contributed by atoms with van der Waals surface area (Å²) in [6, 6.07) is 9.22. The minimum absolute atomic E-state index is 1.19.